The molecule has 0 aliphatic heterocycles. The number of benzene rings is 2. The van der Waals surface area contributed by atoms with Crippen molar-refractivity contribution in [3.63, 3.8) is 0 Å². The molecular formula is C21H31B2KN3O4-. The molecule has 0 aromatic heterocycles. The minimum absolute atomic E-state index is 0. The molecule has 7 nitrogen and oxygen atoms in total. The van der Waals surface area contributed by atoms with Crippen molar-refractivity contribution in [2.24, 2.45) is 5.18 Å². The van der Waals surface area contributed by atoms with Crippen LogP contribution in [0.2, 0.25) is 0 Å². The molecule has 10 heteroatoms. The second-order valence-corrected chi connectivity index (χ2v) is 4.86. The number of nitroso groups, excluding NO2 is 1. The molecule has 0 saturated carbocycles. The van der Waals surface area contributed by atoms with E-state index in [9.17, 15) is 4.91 Å². The standard InChI is InChI=1S/C8H7BNO2.C6H6BNO.C4H9N.C2H5.CH4O.K/c1-2-6-3-7(9-11)5-8(4-6)10-12;8-6-3-1-2-5(4-6)7-9;1-3-4-5-2;2*1-2;/h2-5,11H,1H2;2-4,9H,8H2;3,5H,1,4H2,2H3;1H2,2H3;2H,1H3;/q;-1;;-1;;+1. The van der Waals surface area contributed by atoms with Crippen LogP contribution in [-0.2, 0) is 0 Å². The van der Waals surface area contributed by atoms with Crippen LogP contribution in [-0.4, -0.2) is 50.8 Å². The smallest absolute Gasteiger partial charge is 0.466 e. The molecular weight excluding hydrogens is 419 g/mol. The number of nitrogen functional groups attached to an aromatic ring is 1. The Bertz CT molecular complexity index is 682. The van der Waals surface area contributed by atoms with Gasteiger partial charge in [0.1, 0.15) is 5.69 Å². The summed E-state index contributed by atoms with van der Waals surface area (Å²) in [5.41, 5.74) is 8.24. The maximum absolute atomic E-state index is 10.2. The average molecular weight is 450 g/mol. The van der Waals surface area contributed by atoms with E-state index in [0.717, 1.165) is 34.2 Å². The first-order valence-electron chi connectivity index (χ1n) is 8.77. The Morgan fingerprint density at radius 2 is 1.71 bits per heavy atom. The van der Waals surface area contributed by atoms with Crippen molar-refractivity contribution in [2.75, 3.05) is 26.4 Å². The first-order chi connectivity index (χ1) is 14.5. The first-order valence-corrected chi connectivity index (χ1v) is 8.77. The third kappa shape index (κ3) is 21.9. The van der Waals surface area contributed by atoms with Gasteiger partial charge in [-0.3, -0.25) is 0 Å². The van der Waals surface area contributed by atoms with Crippen molar-refractivity contribution in [3.05, 3.63) is 79.1 Å². The zero-order chi connectivity index (χ0) is 23.8. The van der Waals surface area contributed by atoms with Gasteiger partial charge >= 0.3 is 58.9 Å². The number of aliphatic hydroxyl groups excluding tert-OH is 1. The summed E-state index contributed by atoms with van der Waals surface area (Å²) in [7, 11) is 4.80. The molecule has 0 unspecified atom stereocenters. The van der Waals surface area contributed by atoms with Gasteiger partial charge in [-0.1, -0.05) is 35.9 Å². The number of nitrogens with zero attached hydrogens (tertiary/aromatic N) is 1. The van der Waals surface area contributed by atoms with E-state index >= 15 is 0 Å². The molecule has 2 radical (unpaired) electrons. The Kier molecular flexibility index (Phi) is 34.8. The summed E-state index contributed by atoms with van der Waals surface area (Å²) in [5, 5.41) is 29.8. The Morgan fingerprint density at radius 1 is 1.13 bits per heavy atom. The van der Waals surface area contributed by atoms with Gasteiger partial charge < -0.3 is 33.1 Å². The number of likely N-dealkylation sites (N-methyl/N-ethyl adjacent to an activating group) is 1. The van der Waals surface area contributed by atoms with E-state index in [0.29, 0.717) is 16.6 Å². The fourth-order valence-corrected chi connectivity index (χ4v) is 1.63. The van der Waals surface area contributed by atoms with Crippen molar-refractivity contribution in [3.8, 4) is 0 Å². The minimum atomic E-state index is 0. The van der Waals surface area contributed by atoms with Crippen LogP contribution in [0.25, 0.3) is 6.08 Å². The maximum atomic E-state index is 10.2. The first kappa shape index (κ1) is 37.3. The van der Waals surface area contributed by atoms with E-state index in [1.54, 1.807) is 43.3 Å². The Labute approximate surface area is 230 Å². The van der Waals surface area contributed by atoms with Crippen molar-refractivity contribution < 1.29 is 66.5 Å². The van der Waals surface area contributed by atoms with Crippen LogP contribution in [0.4, 0.5) is 11.4 Å². The summed E-state index contributed by atoms with van der Waals surface area (Å²) in [5.74, 6) is 0. The Balaban J connectivity index is -0.000000171. The van der Waals surface area contributed by atoms with Crippen LogP contribution in [0, 0.1) is 17.9 Å². The van der Waals surface area contributed by atoms with Gasteiger partial charge in [0.25, 0.3) is 0 Å². The third-order valence-electron chi connectivity index (χ3n) is 2.78. The summed E-state index contributed by atoms with van der Waals surface area (Å²) in [6.07, 6.45) is 3.40. The number of rotatable bonds is 6. The zero-order valence-electron chi connectivity index (χ0n) is 18.9. The SMILES string of the molecule is C=CCNC.C=Cc1cc([B]O)cc(N=O)c1.CO.Nc1c[c-]cc([B]O)c1.[CH2-]C.[K+]. The van der Waals surface area contributed by atoms with E-state index in [-0.39, 0.29) is 57.1 Å². The summed E-state index contributed by atoms with van der Waals surface area (Å²) in [6, 6.07) is 12.5. The van der Waals surface area contributed by atoms with Crippen LogP contribution >= 0.6 is 0 Å². The van der Waals surface area contributed by atoms with E-state index in [1.165, 1.54) is 6.07 Å². The molecule has 0 heterocycles. The number of hydrogen-bond acceptors (Lipinski definition) is 7. The number of nitrogens with one attached hydrogen (secondary N) is 1. The van der Waals surface area contributed by atoms with Gasteiger partial charge in [-0.15, -0.1) is 11.5 Å². The van der Waals surface area contributed by atoms with Gasteiger partial charge in [0.2, 0.25) is 7.48 Å². The van der Waals surface area contributed by atoms with Crippen molar-refractivity contribution >= 4 is 43.3 Å². The van der Waals surface area contributed by atoms with Crippen molar-refractivity contribution in [1.82, 2.24) is 5.32 Å². The Hall–Kier alpha value is -1.07. The summed E-state index contributed by atoms with van der Waals surface area (Å²) < 4.78 is 0. The summed E-state index contributed by atoms with van der Waals surface area (Å²) in [6.45, 7) is 12.9. The molecule has 2 aromatic rings. The maximum Gasteiger partial charge on any atom is 1.00 e. The van der Waals surface area contributed by atoms with Gasteiger partial charge in [0, 0.05) is 13.7 Å². The van der Waals surface area contributed by atoms with E-state index < -0.39 is 0 Å². The molecule has 2 rings (SSSR count). The Morgan fingerprint density at radius 3 is 2.03 bits per heavy atom. The van der Waals surface area contributed by atoms with Gasteiger partial charge in [-0.2, -0.15) is 36.7 Å². The predicted molar refractivity (Wildman–Crippen MR) is 130 cm³/mol. The molecule has 0 atom stereocenters. The topological polar surface area (TPSA) is 128 Å². The molecule has 0 fully saturated rings. The molecule has 6 N–H and O–H groups in total. The molecule has 0 bridgehead atoms. The fourth-order valence-electron chi connectivity index (χ4n) is 1.63. The summed E-state index contributed by atoms with van der Waals surface area (Å²) >= 11 is 0. The summed E-state index contributed by atoms with van der Waals surface area (Å²) in [4.78, 5) is 10.2. The van der Waals surface area contributed by atoms with Crippen LogP contribution in [0.3, 0.4) is 0 Å². The van der Waals surface area contributed by atoms with Crippen LogP contribution in [0.5, 0.6) is 0 Å². The van der Waals surface area contributed by atoms with E-state index in [1.807, 2.05) is 13.1 Å². The number of anilines is 1. The predicted octanol–water partition coefficient (Wildman–Crippen LogP) is -1.89. The number of hydrogen-bond donors (Lipinski definition) is 5. The molecule has 0 spiro atoms. The largest absolute Gasteiger partial charge is 1.00 e. The molecule has 0 amide bonds. The zero-order valence-corrected chi connectivity index (χ0v) is 22.0. The monoisotopic (exact) mass is 450 g/mol. The molecule has 0 saturated heterocycles. The van der Waals surface area contributed by atoms with E-state index in [4.69, 9.17) is 20.9 Å². The average Bonchev–Trinajstić information content (AvgIpc) is 2.82. The molecule has 31 heavy (non-hydrogen) atoms. The van der Waals surface area contributed by atoms with Crippen LogP contribution in [0.1, 0.15) is 12.5 Å². The fraction of sp³-hybridized carbons (Fsp3) is 0.190. The molecule has 0 aliphatic rings. The van der Waals surface area contributed by atoms with Gasteiger partial charge in [0.05, 0.1) is 0 Å². The van der Waals surface area contributed by atoms with Crippen molar-refractivity contribution in [2.45, 2.75) is 6.92 Å². The second-order valence-electron chi connectivity index (χ2n) is 4.86. The van der Waals surface area contributed by atoms with E-state index in [2.05, 4.69) is 36.6 Å². The van der Waals surface area contributed by atoms with Gasteiger partial charge in [-0.05, 0) is 29.9 Å². The number of nitrogens with two attached hydrogens (primary N) is 1. The molecule has 0 aliphatic carbocycles. The quantitative estimate of drug-likeness (QED) is 0.115. The van der Waals surface area contributed by atoms with Crippen LogP contribution < -0.4 is 73.4 Å². The molecule has 162 valence electrons. The normalized spacial score (nSPS) is 7.71. The van der Waals surface area contributed by atoms with Crippen molar-refractivity contribution in [1.29, 1.82) is 0 Å². The number of aliphatic hydroxyl groups is 1. The van der Waals surface area contributed by atoms with Gasteiger partial charge in [0.15, 0.2) is 0 Å². The second kappa shape index (κ2) is 28.9. The van der Waals surface area contributed by atoms with Gasteiger partial charge in [-0.25, -0.2) is 0 Å². The minimum Gasteiger partial charge on any atom is -0.466 e. The third-order valence-corrected chi connectivity index (χ3v) is 2.78. The van der Waals surface area contributed by atoms with Crippen LogP contribution in [0.15, 0.2) is 60.8 Å². The molecule has 2 aromatic carbocycles.